The van der Waals surface area contributed by atoms with Gasteiger partial charge in [-0.05, 0) is 17.7 Å². The van der Waals surface area contributed by atoms with E-state index < -0.39 is 11.6 Å². The Morgan fingerprint density at radius 2 is 1.71 bits per heavy atom. The topological polar surface area (TPSA) is 76.0 Å². The van der Waals surface area contributed by atoms with Crippen LogP contribution in [0, 0.1) is 0 Å². The number of carboxylic acid groups (broad SMARTS) is 1. The lowest BCUT2D eigenvalue weighted by molar-refractivity contribution is -0.155. The average molecular weight is 288 g/mol. The fourth-order valence-electron chi connectivity index (χ4n) is 2.17. The van der Waals surface area contributed by atoms with Crippen molar-refractivity contribution >= 4 is 5.97 Å². The number of carboxylic acids is 1. The predicted octanol–water partition coefficient (Wildman–Crippen LogP) is 2.02. The van der Waals surface area contributed by atoms with Gasteiger partial charge in [-0.3, -0.25) is 0 Å². The third-order valence-corrected chi connectivity index (χ3v) is 3.30. The molecular formula is C16H16O5. The largest absolute Gasteiger partial charge is 0.497 e. The Bertz CT molecular complexity index is 638. The van der Waals surface area contributed by atoms with Crippen molar-refractivity contribution in [3.8, 4) is 11.5 Å². The molecule has 0 aliphatic heterocycles. The van der Waals surface area contributed by atoms with Gasteiger partial charge in [-0.25, -0.2) is 4.79 Å². The van der Waals surface area contributed by atoms with Crippen LogP contribution in [0.4, 0.5) is 0 Å². The molecule has 0 saturated carbocycles. The molecule has 2 aromatic carbocycles. The zero-order valence-electron chi connectivity index (χ0n) is 11.7. The summed E-state index contributed by atoms with van der Waals surface area (Å²) in [6, 6.07) is 12.8. The molecular weight excluding hydrogens is 272 g/mol. The highest BCUT2D eigenvalue weighted by molar-refractivity contribution is 5.84. The van der Waals surface area contributed by atoms with Crippen LogP contribution in [0.2, 0.25) is 0 Å². The molecule has 0 aliphatic carbocycles. The van der Waals surface area contributed by atoms with Gasteiger partial charge < -0.3 is 19.7 Å². The molecule has 0 heterocycles. The Balaban J connectivity index is 2.67. The van der Waals surface area contributed by atoms with Gasteiger partial charge in [-0.1, -0.05) is 30.3 Å². The summed E-state index contributed by atoms with van der Waals surface area (Å²) >= 11 is 0. The van der Waals surface area contributed by atoms with E-state index in [-0.39, 0.29) is 16.9 Å². The van der Waals surface area contributed by atoms with Crippen molar-refractivity contribution in [2.75, 3.05) is 14.2 Å². The van der Waals surface area contributed by atoms with Crippen LogP contribution in [0.3, 0.4) is 0 Å². The van der Waals surface area contributed by atoms with Crippen LogP contribution in [0.25, 0.3) is 0 Å². The van der Waals surface area contributed by atoms with Gasteiger partial charge in [0.25, 0.3) is 0 Å². The van der Waals surface area contributed by atoms with Gasteiger partial charge in [0.05, 0.1) is 14.2 Å². The maximum absolute atomic E-state index is 11.7. The molecule has 5 nitrogen and oxygen atoms in total. The number of carbonyl (C=O) groups is 1. The van der Waals surface area contributed by atoms with Crippen molar-refractivity contribution < 1.29 is 24.5 Å². The zero-order valence-corrected chi connectivity index (χ0v) is 11.7. The molecule has 0 radical (unpaired) electrons. The Morgan fingerprint density at radius 3 is 2.24 bits per heavy atom. The monoisotopic (exact) mass is 288 g/mol. The first-order valence-electron chi connectivity index (χ1n) is 6.27. The molecule has 5 heteroatoms. The summed E-state index contributed by atoms with van der Waals surface area (Å²) in [7, 11) is 2.90. The van der Waals surface area contributed by atoms with Gasteiger partial charge in [0.1, 0.15) is 11.5 Å². The molecule has 0 amide bonds. The van der Waals surface area contributed by atoms with Crippen LogP contribution >= 0.6 is 0 Å². The van der Waals surface area contributed by atoms with E-state index in [0.29, 0.717) is 5.75 Å². The lowest BCUT2D eigenvalue weighted by atomic mass is 9.85. The van der Waals surface area contributed by atoms with Gasteiger partial charge in [0.2, 0.25) is 5.60 Å². The van der Waals surface area contributed by atoms with Crippen molar-refractivity contribution in [2.45, 2.75) is 5.60 Å². The number of aliphatic hydroxyl groups is 1. The summed E-state index contributed by atoms with van der Waals surface area (Å²) in [6.45, 7) is 0. The van der Waals surface area contributed by atoms with Gasteiger partial charge in [-0.2, -0.15) is 0 Å². The SMILES string of the molecule is COc1ccc(C(O)(C(=O)O)c2ccccc2)c(OC)c1. The lowest BCUT2D eigenvalue weighted by Crippen LogP contribution is -2.37. The summed E-state index contributed by atoms with van der Waals surface area (Å²) in [5.41, 5.74) is -1.80. The summed E-state index contributed by atoms with van der Waals surface area (Å²) in [6.07, 6.45) is 0. The highest BCUT2D eigenvalue weighted by atomic mass is 16.5. The molecule has 0 saturated heterocycles. The van der Waals surface area contributed by atoms with E-state index in [1.165, 1.54) is 26.4 Å². The van der Waals surface area contributed by atoms with Crippen LogP contribution in [-0.4, -0.2) is 30.4 Å². The van der Waals surface area contributed by atoms with Crippen molar-refractivity contribution in [3.63, 3.8) is 0 Å². The normalized spacial score (nSPS) is 13.3. The number of rotatable bonds is 5. The van der Waals surface area contributed by atoms with Crippen molar-refractivity contribution in [1.82, 2.24) is 0 Å². The highest BCUT2D eigenvalue weighted by Gasteiger charge is 2.42. The minimum atomic E-state index is -2.20. The number of benzene rings is 2. The van der Waals surface area contributed by atoms with E-state index >= 15 is 0 Å². The molecule has 0 fully saturated rings. The molecule has 0 bridgehead atoms. The standard InChI is InChI=1S/C16H16O5/c1-20-12-8-9-13(14(10-12)21-2)16(19,15(17)18)11-6-4-3-5-7-11/h3-10,19H,1-2H3,(H,17,18). The molecule has 21 heavy (non-hydrogen) atoms. The smallest absolute Gasteiger partial charge is 0.345 e. The second kappa shape index (κ2) is 5.85. The summed E-state index contributed by atoms with van der Waals surface area (Å²) in [5.74, 6) is -0.628. The quantitative estimate of drug-likeness (QED) is 0.880. The lowest BCUT2D eigenvalue weighted by Gasteiger charge is -2.26. The van der Waals surface area contributed by atoms with Crippen LogP contribution in [0.15, 0.2) is 48.5 Å². The van der Waals surface area contributed by atoms with Crippen LogP contribution in [-0.2, 0) is 10.4 Å². The minimum absolute atomic E-state index is 0.143. The van der Waals surface area contributed by atoms with E-state index in [1.807, 2.05) is 0 Å². The van der Waals surface area contributed by atoms with E-state index in [1.54, 1.807) is 36.4 Å². The Kier molecular flexibility index (Phi) is 4.14. The second-order valence-corrected chi connectivity index (χ2v) is 4.45. The maximum atomic E-state index is 11.7. The molecule has 0 aromatic heterocycles. The second-order valence-electron chi connectivity index (χ2n) is 4.45. The van der Waals surface area contributed by atoms with Gasteiger partial charge in [-0.15, -0.1) is 0 Å². The van der Waals surface area contributed by atoms with Crippen molar-refractivity contribution in [3.05, 3.63) is 59.7 Å². The van der Waals surface area contributed by atoms with E-state index in [4.69, 9.17) is 9.47 Å². The number of hydrogen-bond donors (Lipinski definition) is 2. The molecule has 0 spiro atoms. The molecule has 2 N–H and O–H groups in total. The Hall–Kier alpha value is -2.53. The first-order valence-corrected chi connectivity index (χ1v) is 6.27. The molecule has 2 aromatic rings. The van der Waals surface area contributed by atoms with Gasteiger partial charge in [0, 0.05) is 11.6 Å². The third-order valence-electron chi connectivity index (χ3n) is 3.30. The maximum Gasteiger partial charge on any atom is 0.345 e. The molecule has 110 valence electrons. The number of hydrogen-bond acceptors (Lipinski definition) is 4. The van der Waals surface area contributed by atoms with Crippen LogP contribution in [0.5, 0.6) is 11.5 Å². The van der Waals surface area contributed by atoms with Gasteiger partial charge >= 0.3 is 5.97 Å². The Morgan fingerprint density at radius 1 is 1.05 bits per heavy atom. The van der Waals surface area contributed by atoms with Gasteiger partial charge in [0.15, 0.2) is 0 Å². The molecule has 1 unspecified atom stereocenters. The fourth-order valence-corrected chi connectivity index (χ4v) is 2.17. The Labute approximate surface area is 122 Å². The minimum Gasteiger partial charge on any atom is -0.497 e. The first kappa shape index (κ1) is 14.9. The zero-order chi connectivity index (χ0) is 15.5. The fraction of sp³-hybridized carbons (Fsp3) is 0.188. The first-order chi connectivity index (χ1) is 10.0. The summed E-state index contributed by atoms with van der Waals surface area (Å²) in [5, 5.41) is 20.3. The van der Waals surface area contributed by atoms with Crippen molar-refractivity contribution in [2.24, 2.45) is 0 Å². The highest BCUT2D eigenvalue weighted by Crippen LogP contribution is 2.37. The van der Waals surface area contributed by atoms with E-state index in [9.17, 15) is 15.0 Å². The summed E-state index contributed by atoms with van der Waals surface area (Å²) in [4.78, 5) is 11.7. The summed E-state index contributed by atoms with van der Waals surface area (Å²) < 4.78 is 10.3. The molecule has 1 atom stereocenters. The number of aliphatic carboxylic acids is 1. The van der Waals surface area contributed by atoms with E-state index in [0.717, 1.165) is 0 Å². The third kappa shape index (κ3) is 2.55. The number of methoxy groups -OCH3 is 2. The average Bonchev–Trinajstić information content (AvgIpc) is 2.54. The van der Waals surface area contributed by atoms with E-state index in [2.05, 4.69) is 0 Å². The van der Waals surface area contributed by atoms with Crippen LogP contribution in [0.1, 0.15) is 11.1 Å². The van der Waals surface area contributed by atoms with Crippen LogP contribution < -0.4 is 9.47 Å². The molecule has 2 rings (SSSR count). The molecule has 0 aliphatic rings. The predicted molar refractivity (Wildman–Crippen MR) is 76.6 cm³/mol. The van der Waals surface area contributed by atoms with Crippen molar-refractivity contribution in [1.29, 1.82) is 0 Å². The number of ether oxygens (including phenoxy) is 2.